The van der Waals surface area contributed by atoms with Gasteiger partial charge in [-0.2, -0.15) is 0 Å². The molecule has 1 N–H and O–H groups in total. The van der Waals surface area contributed by atoms with E-state index in [0.717, 1.165) is 16.7 Å². The van der Waals surface area contributed by atoms with Crippen molar-refractivity contribution < 1.29 is 5.11 Å². The molecule has 2 aromatic rings. The van der Waals surface area contributed by atoms with Crippen LogP contribution in [-0.4, -0.2) is 5.11 Å². The van der Waals surface area contributed by atoms with E-state index in [1.54, 1.807) is 0 Å². The average molecular weight is 224 g/mol. The van der Waals surface area contributed by atoms with Gasteiger partial charge in [0.25, 0.3) is 0 Å². The number of benzene rings is 2. The van der Waals surface area contributed by atoms with Gasteiger partial charge in [0.15, 0.2) is 0 Å². The molecule has 2 aromatic carbocycles. The van der Waals surface area contributed by atoms with Crippen molar-refractivity contribution in [2.75, 3.05) is 0 Å². The minimum Gasteiger partial charge on any atom is -0.388 e. The van der Waals surface area contributed by atoms with Gasteiger partial charge in [-0.1, -0.05) is 67.3 Å². The highest BCUT2D eigenvalue weighted by Gasteiger charge is 2.07. The summed E-state index contributed by atoms with van der Waals surface area (Å²) in [7, 11) is 0. The van der Waals surface area contributed by atoms with Crippen LogP contribution in [0.4, 0.5) is 0 Å². The smallest absolute Gasteiger partial charge is 0.0830 e. The quantitative estimate of drug-likeness (QED) is 0.841. The predicted molar refractivity (Wildman–Crippen MR) is 71.6 cm³/mol. The van der Waals surface area contributed by atoms with E-state index >= 15 is 0 Å². The van der Waals surface area contributed by atoms with E-state index in [-0.39, 0.29) is 0 Å². The maximum absolute atomic E-state index is 10.1. The SMILES string of the molecule is C=Cc1ccc(CC(O)c2ccccc2)cc1. The summed E-state index contributed by atoms with van der Waals surface area (Å²) in [5.74, 6) is 0. The molecular weight excluding hydrogens is 208 g/mol. The van der Waals surface area contributed by atoms with Gasteiger partial charge in [-0.3, -0.25) is 0 Å². The second-order valence-electron chi connectivity index (χ2n) is 4.08. The predicted octanol–water partition coefficient (Wildman–Crippen LogP) is 3.61. The van der Waals surface area contributed by atoms with Crippen LogP contribution in [0, 0.1) is 0 Å². The van der Waals surface area contributed by atoms with Gasteiger partial charge in [-0.05, 0) is 16.7 Å². The van der Waals surface area contributed by atoms with E-state index in [4.69, 9.17) is 0 Å². The van der Waals surface area contributed by atoms with Crippen molar-refractivity contribution >= 4 is 6.08 Å². The highest BCUT2D eigenvalue weighted by molar-refractivity contribution is 5.47. The molecule has 0 saturated carbocycles. The lowest BCUT2D eigenvalue weighted by molar-refractivity contribution is 0.178. The summed E-state index contributed by atoms with van der Waals surface area (Å²) in [6.07, 6.45) is 2.02. The summed E-state index contributed by atoms with van der Waals surface area (Å²) < 4.78 is 0. The van der Waals surface area contributed by atoms with Gasteiger partial charge in [0.2, 0.25) is 0 Å². The first-order valence-corrected chi connectivity index (χ1v) is 5.74. The lowest BCUT2D eigenvalue weighted by atomic mass is 10.0. The van der Waals surface area contributed by atoms with Crippen LogP contribution in [0.1, 0.15) is 22.8 Å². The van der Waals surface area contributed by atoms with E-state index in [1.807, 2.05) is 60.7 Å². The Balaban J connectivity index is 2.07. The van der Waals surface area contributed by atoms with Crippen molar-refractivity contribution in [3.8, 4) is 0 Å². The molecule has 0 bridgehead atoms. The number of aliphatic hydroxyl groups is 1. The largest absolute Gasteiger partial charge is 0.388 e. The molecule has 0 aliphatic carbocycles. The third-order valence-electron chi connectivity index (χ3n) is 2.83. The second-order valence-corrected chi connectivity index (χ2v) is 4.08. The van der Waals surface area contributed by atoms with E-state index in [2.05, 4.69) is 6.58 Å². The van der Waals surface area contributed by atoms with Crippen LogP contribution in [0.5, 0.6) is 0 Å². The van der Waals surface area contributed by atoms with E-state index in [1.165, 1.54) is 0 Å². The van der Waals surface area contributed by atoms with Gasteiger partial charge >= 0.3 is 0 Å². The Bertz CT molecular complexity index is 471. The van der Waals surface area contributed by atoms with Gasteiger partial charge in [0.1, 0.15) is 0 Å². The fourth-order valence-corrected chi connectivity index (χ4v) is 1.81. The first-order chi connectivity index (χ1) is 8.29. The van der Waals surface area contributed by atoms with Gasteiger partial charge in [0, 0.05) is 6.42 Å². The maximum Gasteiger partial charge on any atom is 0.0830 e. The topological polar surface area (TPSA) is 20.2 Å². The Kier molecular flexibility index (Phi) is 3.73. The Hall–Kier alpha value is -1.86. The van der Waals surface area contributed by atoms with E-state index in [9.17, 15) is 5.11 Å². The van der Waals surface area contributed by atoms with Gasteiger partial charge < -0.3 is 5.11 Å². The summed E-state index contributed by atoms with van der Waals surface area (Å²) >= 11 is 0. The zero-order valence-electron chi connectivity index (χ0n) is 9.71. The molecule has 1 heteroatoms. The minimum absolute atomic E-state index is 0.439. The third kappa shape index (κ3) is 3.05. The molecule has 0 fully saturated rings. The molecule has 0 amide bonds. The highest BCUT2D eigenvalue weighted by atomic mass is 16.3. The summed E-state index contributed by atoms with van der Waals surface area (Å²) in [6, 6.07) is 17.8. The van der Waals surface area contributed by atoms with Crippen molar-refractivity contribution in [3.05, 3.63) is 77.9 Å². The lowest BCUT2D eigenvalue weighted by Gasteiger charge is -2.11. The Morgan fingerprint density at radius 3 is 2.24 bits per heavy atom. The van der Waals surface area contributed by atoms with Crippen LogP contribution >= 0.6 is 0 Å². The van der Waals surface area contributed by atoms with Crippen LogP contribution in [0.2, 0.25) is 0 Å². The Morgan fingerprint density at radius 1 is 1.00 bits per heavy atom. The van der Waals surface area contributed by atoms with Crippen molar-refractivity contribution in [2.24, 2.45) is 0 Å². The molecule has 0 aliphatic rings. The first-order valence-electron chi connectivity index (χ1n) is 5.74. The molecule has 0 radical (unpaired) electrons. The molecule has 0 aromatic heterocycles. The molecular formula is C16H16O. The zero-order valence-corrected chi connectivity index (χ0v) is 9.71. The number of aliphatic hydroxyl groups excluding tert-OH is 1. The fraction of sp³-hybridized carbons (Fsp3) is 0.125. The first kappa shape index (κ1) is 11.6. The van der Waals surface area contributed by atoms with Gasteiger partial charge in [0.05, 0.1) is 6.10 Å². The second kappa shape index (κ2) is 5.46. The summed E-state index contributed by atoms with van der Waals surface area (Å²) in [6.45, 7) is 3.72. The molecule has 0 spiro atoms. The molecule has 2 rings (SSSR count). The fourth-order valence-electron chi connectivity index (χ4n) is 1.81. The molecule has 1 unspecified atom stereocenters. The number of hydrogen-bond acceptors (Lipinski definition) is 1. The Morgan fingerprint density at radius 2 is 1.65 bits per heavy atom. The van der Waals surface area contributed by atoms with Crippen molar-refractivity contribution in [3.63, 3.8) is 0 Å². The van der Waals surface area contributed by atoms with Crippen molar-refractivity contribution in [1.29, 1.82) is 0 Å². The summed E-state index contributed by atoms with van der Waals surface area (Å²) in [5.41, 5.74) is 3.19. The monoisotopic (exact) mass is 224 g/mol. The normalized spacial score (nSPS) is 12.1. The minimum atomic E-state index is -0.439. The molecule has 86 valence electrons. The maximum atomic E-state index is 10.1. The van der Waals surface area contributed by atoms with Crippen LogP contribution in [0.25, 0.3) is 6.08 Å². The standard InChI is InChI=1S/C16H16O/c1-2-13-8-10-14(11-9-13)12-16(17)15-6-4-3-5-7-15/h2-11,16-17H,1,12H2. The van der Waals surface area contributed by atoms with Gasteiger partial charge in [-0.15, -0.1) is 0 Å². The number of hydrogen-bond donors (Lipinski definition) is 1. The zero-order chi connectivity index (χ0) is 12.1. The molecule has 0 heterocycles. The number of rotatable bonds is 4. The molecule has 1 atom stereocenters. The molecule has 0 saturated heterocycles. The van der Waals surface area contributed by atoms with Crippen LogP contribution in [0.15, 0.2) is 61.2 Å². The molecule has 17 heavy (non-hydrogen) atoms. The van der Waals surface area contributed by atoms with Gasteiger partial charge in [-0.25, -0.2) is 0 Å². The summed E-state index contributed by atoms with van der Waals surface area (Å²) in [4.78, 5) is 0. The molecule has 0 aliphatic heterocycles. The third-order valence-corrected chi connectivity index (χ3v) is 2.83. The van der Waals surface area contributed by atoms with Crippen LogP contribution in [0.3, 0.4) is 0 Å². The highest BCUT2D eigenvalue weighted by Crippen LogP contribution is 2.18. The van der Waals surface area contributed by atoms with Crippen LogP contribution in [-0.2, 0) is 6.42 Å². The lowest BCUT2D eigenvalue weighted by Crippen LogP contribution is -2.01. The summed E-state index contributed by atoms with van der Waals surface area (Å²) in [5, 5.41) is 10.1. The van der Waals surface area contributed by atoms with E-state index < -0.39 is 6.10 Å². The molecule has 1 nitrogen and oxygen atoms in total. The van der Waals surface area contributed by atoms with Crippen molar-refractivity contribution in [1.82, 2.24) is 0 Å². The van der Waals surface area contributed by atoms with Crippen molar-refractivity contribution in [2.45, 2.75) is 12.5 Å². The average Bonchev–Trinajstić information content (AvgIpc) is 2.40. The Labute approximate surface area is 102 Å². The van der Waals surface area contributed by atoms with E-state index in [0.29, 0.717) is 6.42 Å². The van der Waals surface area contributed by atoms with Crippen LogP contribution < -0.4 is 0 Å².